The molecule has 1 aliphatic carbocycles. The quantitative estimate of drug-likeness (QED) is 0.619. The summed E-state index contributed by atoms with van der Waals surface area (Å²) in [6.45, 7) is 10.1. The normalized spacial score (nSPS) is 46.5. The largest absolute Gasteiger partial charge is 0.297 e. The molecule has 0 radical (unpaired) electrons. The lowest BCUT2D eigenvalue weighted by atomic mass is 9.76. The van der Waals surface area contributed by atoms with E-state index in [-0.39, 0.29) is 0 Å². The molecular formula is C13H23N. The van der Waals surface area contributed by atoms with E-state index in [1.807, 2.05) is 0 Å². The third-order valence-corrected chi connectivity index (χ3v) is 4.57. The Balaban J connectivity index is 1.85. The van der Waals surface area contributed by atoms with E-state index in [9.17, 15) is 0 Å². The van der Waals surface area contributed by atoms with Crippen LogP contribution in [0.3, 0.4) is 0 Å². The van der Waals surface area contributed by atoms with Gasteiger partial charge in [-0.25, -0.2) is 0 Å². The van der Waals surface area contributed by atoms with Gasteiger partial charge in [0.1, 0.15) is 0 Å². The molecule has 0 amide bonds. The lowest BCUT2D eigenvalue weighted by molar-refractivity contribution is 0.101. The molecule has 2 aliphatic heterocycles. The van der Waals surface area contributed by atoms with E-state index in [1.54, 1.807) is 6.42 Å². The van der Waals surface area contributed by atoms with Crippen LogP contribution in [0, 0.1) is 17.3 Å². The van der Waals surface area contributed by atoms with Gasteiger partial charge < -0.3 is 0 Å². The topological polar surface area (TPSA) is 3.24 Å². The van der Waals surface area contributed by atoms with E-state index in [1.165, 1.54) is 32.4 Å². The van der Waals surface area contributed by atoms with Gasteiger partial charge in [-0.1, -0.05) is 20.8 Å². The molecule has 1 heteroatoms. The Morgan fingerprint density at radius 1 is 1.36 bits per heavy atom. The van der Waals surface area contributed by atoms with Gasteiger partial charge in [0.2, 0.25) is 0 Å². The second-order valence-electron chi connectivity index (χ2n) is 6.99. The Morgan fingerprint density at radius 3 is 2.86 bits per heavy atom. The van der Waals surface area contributed by atoms with E-state index in [4.69, 9.17) is 0 Å². The molecule has 3 aliphatic rings. The van der Waals surface area contributed by atoms with E-state index in [0.717, 1.165) is 11.8 Å². The van der Waals surface area contributed by atoms with E-state index in [0.29, 0.717) is 11.0 Å². The highest BCUT2D eigenvalue weighted by atomic mass is 15.3. The van der Waals surface area contributed by atoms with Gasteiger partial charge >= 0.3 is 0 Å². The fourth-order valence-corrected chi connectivity index (χ4v) is 4.29. The van der Waals surface area contributed by atoms with Crippen molar-refractivity contribution in [1.29, 1.82) is 0 Å². The highest BCUT2D eigenvalue weighted by Crippen LogP contribution is 2.62. The van der Waals surface area contributed by atoms with Crippen molar-refractivity contribution in [2.75, 3.05) is 13.1 Å². The standard InChI is InChI=1S/C13H23N/c1-12(2,3)9-13-5-4-6-14(13)8-10-7-11(10)13/h10-11H,4-9H2,1-3H3/t10-,11-,13-/m1/s1. The molecule has 0 aromatic carbocycles. The second kappa shape index (κ2) is 2.55. The third-order valence-electron chi connectivity index (χ3n) is 4.57. The lowest BCUT2D eigenvalue weighted by Gasteiger charge is -2.40. The zero-order chi connectivity index (χ0) is 9.97. The molecule has 0 spiro atoms. The summed E-state index contributed by atoms with van der Waals surface area (Å²) < 4.78 is 0. The van der Waals surface area contributed by atoms with Crippen LogP contribution in [0.1, 0.15) is 46.5 Å². The van der Waals surface area contributed by atoms with Crippen molar-refractivity contribution in [2.24, 2.45) is 17.3 Å². The number of hydrogen-bond donors (Lipinski definition) is 0. The van der Waals surface area contributed by atoms with Gasteiger partial charge in [0, 0.05) is 12.1 Å². The van der Waals surface area contributed by atoms with Crippen LogP contribution in [0.5, 0.6) is 0 Å². The summed E-state index contributed by atoms with van der Waals surface area (Å²) in [6.07, 6.45) is 5.93. The fourth-order valence-electron chi connectivity index (χ4n) is 4.29. The van der Waals surface area contributed by atoms with Crippen LogP contribution in [0.4, 0.5) is 0 Å². The van der Waals surface area contributed by atoms with Gasteiger partial charge in [-0.3, -0.25) is 4.90 Å². The number of piperidine rings is 1. The van der Waals surface area contributed by atoms with Crippen molar-refractivity contribution in [3.05, 3.63) is 0 Å². The zero-order valence-corrected chi connectivity index (χ0v) is 9.84. The van der Waals surface area contributed by atoms with Gasteiger partial charge in [0.25, 0.3) is 0 Å². The van der Waals surface area contributed by atoms with Crippen molar-refractivity contribution in [2.45, 2.75) is 52.0 Å². The SMILES string of the molecule is CC(C)(C)C[C@@]12CCCN1C[C@H]1C[C@H]12. The van der Waals surface area contributed by atoms with Crippen molar-refractivity contribution >= 4 is 0 Å². The molecule has 2 saturated heterocycles. The molecule has 3 atom stereocenters. The number of nitrogens with zero attached hydrogens (tertiary/aromatic N) is 1. The van der Waals surface area contributed by atoms with Crippen LogP contribution in [0.2, 0.25) is 0 Å². The van der Waals surface area contributed by atoms with Gasteiger partial charge in [0.15, 0.2) is 0 Å². The molecule has 0 unspecified atom stereocenters. The number of rotatable bonds is 1. The number of fused-ring (bicyclic) bond motifs is 3. The smallest absolute Gasteiger partial charge is 0.0246 e. The highest BCUT2D eigenvalue weighted by Gasteiger charge is 2.63. The molecule has 2 heterocycles. The predicted molar refractivity (Wildman–Crippen MR) is 59.2 cm³/mol. The maximum atomic E-state index is 2.83. The van der Waals surface area contributed by atoms with Crippen LogP contribution >= 0.6 is 0 Å². The first-order chi connectivity index (χ1) is 6.51. The minimum atomic E-state index is 0.514. The zero-order valence-electron chi connectivity index (χ0n) is 9.84. The second-order valence-corrected chi connectivity index (χ2v) is 6.99. The predicted octanol–water partition coefficient (Wildman–Crippen LogP) is 2.91. The molecule has 0 aromatic rings. The maximum Gasteiger partial charge on any atom is 0.0246 e. The maximum absolute atomic E-state index is 2.83. The van der Waals surface area contributed by atoms with Crippen molar-refractivity contribution < 1.29 is 0 Å². The molecule has 0 bridgehead atoms. The summed E-state index contributed by atoms with van der Waals surface area (Å²) in [5.74, 6) is 2.18. The minimum absolute atomic E-state index is 0.514. The van der Waals surface area contributed by atoms with Gasteiger partial charge in [-0.2, -0.15) is 0 Å². The first-order valence-corrected chi connectivity index (χ1v) is 6.26. The third kappa shape index (κ3) is 1.18. The van der Waals surface area contributed by atoms with Crippen LogP contribution in [0.15, 0.2) is 0 Å². The summed E-state index contributed by atoms with van der Waals surface area (Å²) >= 11 is 0. The summed E-state index contributed by atoms with van der Waals surface area (Å²) in [7, 11) is 0. The summed E-state index contributed by atoms with van der Waals surface area (Å²) in [4.78, 5) is 2.83. The summed E-state index contributed by atoms with van der Waals surface area (Å²) in [5, 5.41) is 0. The van der Waals surface area contributed by atoms with Gasteiger partial charge in [-0.05, 0) is 49.5 Å². The average molecular weight is 193 g/mol. The van der Waals surface area contributed by atoms with E-state index < -0.39 is 0 Å². The number of hydrogen-bond acceptors (Lipinski definition) is 1. The van der Waals surface area contributed by atoms with Gasteiger partial charge in [-0.15, -0.1) is 0 Å². The minimum Gasteiger partial charge on any atom is -0.297 e. The first-order valence-electron chi connectivity index (χ1n) is 6.26. The molecule has 0 aromatic heterocycles. The fraction of sp³-hybridized carbons (Fsp3) is 1.00. The Kier molecular flexibility index (Phi) is 1.68. The van der Waals surface area contributed by atoms with E-state index in [2.05, 4.69) is 25.7 Å². The van der Waals surface area contributed by atoms with Crippen LogP contribution in [-0.2, 0) is 0 Å². The lowest BCUT2D eigenvalue weighted by Crippen LogP contribution is -2.44. The first kappa shape index (κ1) is 9.21. The van der Waals surface area contributed by atoms with Crippen LogP contribution in [-0.4, -0.2) is 23.5 Å². The van der Waals surface area contributed by atoms with Crippen LogP contribution in [0.25, 0.3) is 0 Å². The molecular weight excluding hydrogens is 170 g/mol. The summed E-state index contributed by atoms with van der Waals surface area (Å²) in [5.41, 5.74) is 1.17. The molecule has 1 saturated carbocycles. The highest BCUT2D eigenvalue weighted by molar-refractivity contribution is 5.17. The molecule has 3 fully saturated rings. The Bertz CT molecular complexity index is 252. The van der Waals surface area contributed by atoms with Crippen molar-refractivity contribution in [3.8, 4) is 0 Å². The average Bonchev–Trinajstić information content (AvgIpc) is 2.58. The molecule has 3 rings (SSSR count). The molecule has 80 valence electrons. The van der Waals surface area contributed by atoms with Crippen LogP contribution < -0.4 is 0 Å². The molecule has 1 nitrogen and oxygen atoms in total. The Hall–Kier alpha value is -0.0400. The van der Waals surface area contributed by atoms with Crippen molar-refractivity contribution in [3.63, 3.8) is 0 Å². The monoisotopic (exact) mass is 193 g/mol. The molecule has 0 N–H and O–H groups in total. The Labute approximate surface area is 87.9 Å². The summed E-state index contributed by atoms with van der Waals surface area (Å²) in [6, 6.07) is 0. The molecule has 14 heavy (non-hydrogen) atoms. The van der Waals surface area contributed by atoms with E-state index >= 15 is 0 Å². The van der Waals surface area contributed by atoms with Crippen molar-refractivity contribution in [1.82, 2.24) is 4.90 Å². The Morgan fingerprint density at radius 2 is 2.14 bits per heavy atom. The van der Waals surface area contributed by atoms with Gasteiger partial charge in [0.05, 0.1) is 0 Å².